The van der Waals surface area contributed by atoms with Crippen molar-refractivity contribution in [3.63, 3.8) is 0 Å². The van der Waals surface area contributed by atoms with Gasteiger partial charge < -0.3 is 9.97 Å². The third-order valence-electron chi connectivity index (χ3n) is 5.10. The maximum atomic E-state index is 14.1. The first-order chi connectivity index (χ1) is 13.9. The summed E-state index contributed by atoms with van der Waals surface area (Å²) in [5, 5.41) is 0. The summed E-state index contributed by atoms with van der Waals surface area (Å²) in [5.74, 6) is -1.58. The van der Waals surface area contributed by atoms with E-state index in [-0.39, 0.29) is 17.3 Å². The molecule has 7 heteroatoms. The number of H-pyrrole nitrogens is 2. The lowest BCUT2D eigenvalue weighted by Crippen LogP contribution is -2.02. The molecule has 2 aromatic carbocycles. The standard InChI is InChI=1S/C22H19F3N4/c1-12(14-5-3-6-15(23)9-14)18-10-26-21(28-18)22-27-11-19(29-22)13(2)16-7-4-8-17(24)20(16)25/h3-13H,1-2H3,(H,26,28)(H,27,29). The first-order valence-corrected chi connectivity index (χ1v) is 9.24. The van der Waals surface area contributed by atoms with Gasteiger partial charge in [-0.05, 0) is 29.3 Å². The Labute approximate surface area is 165 Å². The molecule has 2 atom stereocenters. The van der Waals surface area contributed by atoms with E-state index in [1.54, 1.807) is 31.5 Å². The number of halogens is 3. The molecule has 2 N–H and O–H groups in total. The van der Waals surface area contributed by atoms with Crippen molar-refractivity contribution in [1.82, 2.24) is 19.9 Å². The summed E-state index contributed by atoms with van der Waals surface area (Å²) in [6.07, 6.45) is 3.41. The monoisotopic (exact) mass is 396 g/mol. The zero-order valence-corrected chi connectivity index (χ0v) is 15.9. The second-order valence-electron chi connectivity index (χ2n) is 6.99. The largest absolute Gasteiger partial charge is 0.342 e. The average Bonchev–Trinajstić information content (AvgIpc) is 3.38. The number of aromatic amines is 2. The van der Waals surface area contributed by atoms with Gasteiger partial charge in [-0.15, -0.1) is 0 Å². The van der Waals surface area contributed by atoms with Crippen LogP contribution in [0.3, 0.4) is 0 Å². The van der Waals surface area contributed by atoms with Crippen molar-refractivity contribution < 1.29 is 13.2 Å². The maximum absolute atomic E-state index is 14.1. The van der Waals surface area contributed by atoms with Gasteiger partial charge in [0.15, 0.2) is 23.3 Å². The lowest BCUT2D eigenvalue weighted by atomic mass is 9.98. The molecule has 0 radical (unpaired) electrons. The molecule has 0 saturated carbocycles. The summed E-state index contributed by atoms with van der Waals surface area (Å²) >= 11 is 0. The van der Waals surface area contributed by atoms with Crippen LogP contribution in [0.15, 0.2) is 54.9 Å². The van der Waals surface area contributed by atoms with Gasteiger partial charge in [0.05, 0.1) is 11.4 Å². The van der Waals surface area contributed by atoms with Gasteiger partial charge in [-0.1, -0.05) is 38.1 Å². The average molecular weight is 396 g/mol. The van der Waals surface area contributed by atoms with Gasteiger partial charge in [0.25, 0.3) is 0 Å². The van der Waals surface area contributed by atoms with E-state index < -0.39 is 17.6 Å². The molecule has 29 heavy (non-hydrogen) atoms. The van der Waals surface area contributed by atoms with E-state index >= 15 is 0 Å². The lowest BCUT2D eigenvalue weighted by Gasteiger charge is -2.10. The van der Waals surface area contributed by atoms with Crippen LogP contribution in [-0.2, 0) is 0 Å². The fourth-order valence-corrected chi connectivity index (χ4v) is 3.32. The number of benzene rings is 2. The van der Waals surface area contributed by atoms with E-state index in [0.717, 1.165) is 17.3 Å². The summed E-state index contributed by atoms with van der Waals surface area (Å²) in [7, 11) is 0. The first kappa shape index (κ1) is 19.0. The van der Waals surface area contributed by atoms with Crippen molar-refractivity contribution in [3.8, 4) is 11.6 Å². The maximum Gasteiger partial charge on any atom is 0.173 e. The van der Waals surface area contributed by atoms with Crippen molar-refractivity contribution in [2.45, 2.75) is 25.7 Å². The highest BCUT2D eigenvalue weighted by Crippen LogP contribution is 2.28. The molecule has 0 amide bonds. The van der Waals surface area contributed by atoms with E-state index in [0.29, 0.717) is 17.3 Å². The zero-order chi connectivity index (χ0) is 20.5. The molecule has 0 spiro atoms. The number of nitrogens with zero attached hydrogens (tertiary/aromatic N) is 2. The lowest BCUT2D eigenvalue weighted by molar-refractivity contribution is 0.495. The van der Waals surface area contributed by atoms with Crippen LogP contribution >= 0.6 is 0 Å². The van der Waals surface area contributed by atoms with Crippen LogP contribution in [-0.4, -0.2) is 19.9 Å². The molecule has 4 rings (SSSR count). The van der Waals surface area contributed by atoms with Crippen LogP contribution in [0.5, 0.6) is 0 Å². The van der Waals surface area contributed by atoms with Crippen molar-refractivity contribution in [3.05, 3.63) is 94.8 Å². The van der Waals surface area contributed by atoms with E-state index in [1.807, 2.05) is 13.0 Å². The topological polar surface area (TPSA) is 57.4 Å². The summed E-state index contributed by atoms with van der Waals surface area (Å²) in [5.41, 5.74) is 2.37. The van der Waals surface area contributed by atoms with Crippen molar-refractivity contribution in [2.24, 2.45) is 0 Å². The van der Waals surface area contributed by atoms with E-state index in [2.05, 4.69) is 19.9 Å². The number of nitrogens with one attached hydrogen (secondary N) is 2. The Bertz CT molecular complexity index is 1150. The Morgan fingerprint density at radius 1 is 0.793 bits per heavy atom. The third-order valence-corrected chi connectivity index (χ3v) is 5.10. The van der Waals surface area contributed by atoms with Gasteiger partial charge in [0.2, 0.25) is 0 Å². The molecule has 0 aliphatic rings. The van der Waals surface area contributed by atoms with Crippen molar-refractivity contribution in [1.29, 1.82) is 0 Å². The molecule has 0 fully saturated rings. The number of hydrogen-bond donors (Lipinski definition) is 2. The van der Waals surface area contributed by atoms with Crippen LogP contribution < -0.4 is 0 Å². The summed E-state index contributed by atoms with van der Waals surface area (Å²) < 4.78 is 41.1. The van der Waals surface area contributed by atoms with E-state index in [4.69, 9.17) is 0 Å². The Balaban J connectivity index is 1.58. The highest BCUT2D eigenvalue weighted by molar-refractivity contribution is 5.46. The SMILES string of the molecule is CC(c1cccc(F)c1)c1c[nH]c(-c2nc(C(C)c3cccc(F)c3F)c[nH]2)n1. The minimum absolute atomic E-state index is 0.106. The van der Waals surface area contributed by atoms with Gasteiger partial charge >= 0.3 is 0 Å². The molecule has 148 valence electrons. The summed E-state index contributed by atoms with van der Waals surface area (Å²) in [6.45, 7) is 3.70. The molecule has 2 heterocycles. The molecule has 4 aromatic rings. The Kier molecular flexibility index (Phi) is 4.96. The third kappa shape index (κ3) is 3.68. The van der Waals surface area contributed by atoms with Crippen molar-refractivity contribution in [2.75, 3.05) is 0 Å². The molecule has 0 aliphatic heterocycles. The second kappa shape index (κ2) is 7.58. The Morgan fingerprint density at radius 3 is 2.07 bits per heavy atom. The minimum atomic E-state index is -0.882. The summed E-state index contributed by atoms with van der Waals surface area (Å²) in [6, 6.07) is 10.5. The zero-order valence-electron chi connectivity index (χ0n) is 15.9. The van der Waals surface area contributed by atoms with Crippen LogP contribution in [0, 0.1) is 17.5 Å². The molecule has 4 nitrogen and oxygen atoms in total. The van der Waals surface area contributed by atoms with Crippen LogP contribution in [0.1, 0.15) is 48.2 Å². The number of hydrogen-bond acceptors (Lipinski definition) is 2. The minimum Gasteiger partial charge on any atom is -0.342 e. The van der Waals surface area contributed by atoms with Gasteiger partial charge in [-0.3, -0.25) is 0 Å². The quantitative estimate of drug-likeness (QED) is 0.467. The van der Waals surface area contributed by atoms with Gasteiger partial charge in [0.1, 0.15) is 5.82 Å². The van der Waals surface area contributed by atoms with E-state index in [1.165, 1.54) is 18.2 Å². The van der Waals surface area contributed by atoms with Gasteiger partial charge in [-0.2, -0.15) is 0 Å². The van der Waals surface area contributed by atoms with Crippen LogP contribution in [0.4, 0.5) is 13.2 Å². The van der Waals surface area contributed by atoms with Gasteiger partial charge in [-0.25, -0.2) is 23.1 Å². The predicted molar refractivity (Wildman–Crippen MR) is 104 cm³/mol. The summed E-state index contributed by atoms with van der Waals surface area (Å²) in [4.78, 5) is 15.1. The Morgan fingerprint density at radius 2 is 1.41 bits per heavy atom. The smallest absolute Gasteiger partial charge is 0.173 e. The number of imidazole rings is 2. The molecular weight excluding hydrogens is 377 g/mol. The molecule has 0 bridgehead atoms. The first-order valence-electron chi connectivity index (χ1n) is 9.24. The number of rotatable bonds is 5. The molecule has 2 aromatic heterocycles. The predicted octanol–water partition coefficient (Wildman–Crippen LogP) is 5.52. The van der Waals surface area contributed by atoms with Gasteiger partial charge in [0, 0.05) is 24.2 Å². The highest BCUT2D eigenvalue weighted by atomic mass is 19.2. The fourth-order valence-electron chi connectivity index (χ4n) is 3.32. The molecule has 0 saturated heterocycles. The normalized spacial score (nSPS) is 13.4. The molecule has 0 aliphatic carbocycles. The molecular formula is C22H19F3N4. The van der Waals surface area contributed by atoms with Crippen molar-refractivity contribution >= 4 is 0 Å². The number of aromatic nitrogens is 4. The van der Waals surface area contributed by atoms with E-state index in [9.17, 15) is 13.2 Å². The fraction of sp³-hybridized carbons (Fsp3) is 0.182. The highest BCUT2D eigenvalue weighted by Gasteiger charge is 2.20. The Hall–Kier alpha value is -3.35. The second-order valence-corrected chi connectivity index (χ2v) is 6.99. The molecule has 2 unspecified atom stereocenters. The van der Waals surface area contributed by atoms with Crippen LogP contribution in [0.25, 0.3) is 11.6 Å². The van der Waals surface area contributed by atoms with Crippen LogP contribution in [0.2, 0.25) is 0 Å².